The first-order valence-electron chi connectivity index (χ1n) is 7.48. The van der Waals surface area contributed by atoms with Crippen LogP contribution in [0.2, 0.25) is 0 Å². The largest absolute Gasteiger partial charge is 0.324 e. The van der Waals surface area contributed by atoms with E-state index in [9.17, 15) is 4.79 Å². The maximum absolute atomic E-state index is 12.3. The number of hydrogen-bond acceptors (Lipinski definition) is 2. The third-order valence-corrected chi connectivity index (χ3v) is 4.83. The molecule has 0 atom stereocenters. The first-order chi connectivity index (χ1) is 10.2. The summed E-state index contributed by atoms with van der Waals surface area (Å²) in [6, 6.07) is 7.54. The maximum Gasteiger partial charge on any atom is 0.279 e. The first-order valence-corrected chi connectivity index (χ1v) is 8.30. The van der Waals surface area contributed by atoms with Gasteiger partial charge in [-0.25, -0.2) is 0 Å². The minimum Gasteiger partial charge on any atom is -0.324 e. The Bertz CT molecular complexity index is 743. The Morgan fingerprint density at radius 2 is 1.77 bits per heavy atom. The molecule has 0 saturated carbocycles. The fourth-order valence-corrected chi connectivity index (χ4v) is 3.59. The van der Waals surface area contributed by atoms with Crippen molar-refractivity contribution in [1.82, 2.24) is 4.57 Å². The average Bonchev–Trinajstić information content (AvgIpc) is 2.66. The molecule has 118 valence electrons. The summed E-state index contributed by atoms with van der Waals surface area (Å²) in [6.07, 6.45) is 0.992. The van der Waals surface area contributed by atoms with E-state index in [1.807, 2.05) is 42.8 Å². The highest BCUT2D eigenvalue weighted by atomic mass is 32.1. The van der Waals surface area contributed by atoms with Gasteiger partial charge in [-0.05, 0) is 37.8 Å². The van der Waals surface area contributed by atoms with Gasteiger partial charge in [-0.15, -0.1) is 11.3 Å². The number of aryl methyl sites for hydroxylation is 1. The number of benzene rings is 1. The Morgan fingerprint density at radius 3 is 2.32 bits per heavy atom. The van der Waals surface area contributed by atoms with E-state index in [-0.39, 0.29) is 11.3 Å². The Morgan fingerprint density at radius 1 is 1.18 bits per heavy atom. The van der Waals surface area contributed by atoms with E-state index >= 15 is 0 Å². The molecule has 1 amide bonds. The summed E-state index contributed by atoms with van der Waals surface area (Å²) in [7, 11) is 1.97. The fraction of sp³-hybridized carbons (Fsp3) is 0.444. The van der Waals surface area contributed by atoms with Crippen LogP contribution in [0.4, 0.5) is 0 Å². The quantitative estimate of drug-likeness (QED) is 0.823. The SMILES string of the molecule is Cc1ccc(C(=O)N=c2sc(CC(C)(C)C)c(C)n2C)cc1. The van der Waals surface area contributed by atoms with Crippen LogP contribution in [0.3, 0.4) is 0 Å². The lowest BCUT2D eigenvalue weighted by molar-refractivity contribution is 0.0998. The molecule has 0 aliphatic carbocycles. The zero-order chi connectivity index (χ0) is 16.5. The molecule has 0 fully saturated rings. The van der Waals surface area contributed by atoms with Crippen molar-refractivity contribution in [1.29, 1.82) is 0 Å². The number of thiazole rings is 1. The van der Waals surface area contributed by atoms with Crippen LogP contribution in [-0.2, 0) is 13.5 Å². The highest BCUT2D eigenvalue weighted by molar-refractivity contribution is 7.09. The van der Waals surface area contributed by atoms with Gasteiger partial charge in [-0.3, -0.25) is 4.79 Å². The molecule has 0 aliphatic rings. The fourth-order valence-electron chi connectivity index (χ4n) is 2.17. The molecule has 0 aliphatic heterocycles. The second-order valence-electron chi connectivity index (χ2n) is 6.97. The lowest BCUT2D eigenvalue weighted by Crippen LogP contribution is -2.14. The van der Waals surface area contributed by atoms with Gasteiger partial charge in [0.15, 0.2) is 4.80 Å². The lowest BCUT2D eigenvalue weighted by Gasteiger charge is -2.17. The molecule has 0 N–H and O–H groups in total. The zero-order valence-electron chi connectivity index (χ0n) is 14.2. The van der Waals surface area contributed by atoms with Crippen molar-refractivity contribution in [3.05, 3.63) is 50.8 Å². The minimum absolute atomic E-state index is 0.181. The first kappa shape index (κ1) is 16.7. The molecule has 2 aromatic rings. The van der Waals surface area contributed by atoms with E-state index in [2.05, 4.69) is 32.7 Å². The number of carbonyl (C=O) groups is 1. The summed E-state index contributed by atoms with van der Waals surface area (Å²) in [5.74, 6) is -0.181. The molecule has 0 radical (unpaired) electrons. The smallest absolute Gasteiger partial charge is 0.279 e. The summed E-state index contributed by atoms with van der Waals surface area (Å²) in [4.78, 5) is 18.7. The average molecular weight is 316 g/mol. The monoisotopic (exact) mass is 316 g/mol. The van der Waals surface area contributed by atoms with Crippen molar-refractivity contribution in [3.63, 3.8) is 0 Å². The van der Waals surface area contributed by atoms with Gasteiger partial charge < -0.3 is 4.57 Å². The van der Waals surface area contributed by atoms with Crippen LogP contribution in [0.15, 0.2) is 29.3 Å². The number of amides is 1. The van der Waals surface area contributed by atoms with E-state index < -0.39 is 0 Å². The van der Waals surface area contributed by atoms with E-state index in [1.54, 1.807) is 11.3 Å². The summed E-state index contributed by atoms with van der Waals surface area (Å²) < 4.78 is 2.01. The van der Waals surface area contributed by atoms with Crippen LogP contribution in [0.1, 0.15) is 47.3 Å². The predicted molar refractivity (Wildman–Crippen MR) is 92.3 cm³/mol. The topological polar surface area (TPSA) is 34.4 Å². The summed E-state index contributed by atoms with van der Waals surface area (Å²) >= 11 is 1.61. The normalized spacial score (nSPS) is 12.7. The van der Waals surface area contributed by atoms with Crippen LogP contribution in [0, 0.1) is 19.3 Å². The number of aromatic nitrogens is 1. The molecule has 1 heterocycles. The van der Waals surface area contributed by atoms with Gasteiger partial charge in [-0.2, -0.15) is 4.99 Å². The maximum atomic E-state index is 12.3. The molecule has 0 spiro atoms. The van der Waals surface area contributed by atoms with Crippen molar-refractivity contribution in [2.24, 2.45) is 17.5 Å². The van der Waals surface area contributed by atoms with Gasteiger partial charge in [0.2, 0.25) is 0 Å². The number of hydrogen-bond donors (Lipinski definition) is 0. The Labute approximate surface area is 136 Å². The van der Waals surface area contributed by atoms with Crippen molar-refractivity contribution < 1.29 is 4.79 Å². The van der Waals surface area contributed by atoms with Crippen LogP contribution in [0.5, 0.6) is 0 Å². The number of rotatable bonds is 2. The van der Waals surface area contributed by atoms with Crippen molar-refractivity contribution in [2.75, 3.05) is 0 Å². The molecule has 3 nitrogen and oxygen atoms in total. The molecule has 1 aromatic heterocycles. The Balaban J connectivity index is 2.38. The number of carbonyl (C=O) groups excluding carboxylic acids is 1. The Kier molecular flexibility index (Phi) is 4.71. The van der Waals surface area contributed by atoms with Gasteiger partial charge in [0, 0.05) is 23.2 Å². The molecule has 1 aromatic carbocycles. The third-order valence-electron chi connectivity index (χ3n) is 3.59. The molecule has 2 rings (SSSR count). The van der Waals surface area contributed by atoms with E-state index in [4.69, 9.17) is 0 Å². The zero-order valence-corrected chi connectivity index (χ0v) is 15.0. The highest BCUT2D eigenvalue weighted by Crippen LogP contribution is 2.24. The van der Waals surface area contributed by atoms with Gasteiger partial charge in [0.25, 0.3) is 5.91 Å². The van der Waals surface area contributed by atoms with E-state index in [0.717, 1.165) is 16.8 Å². The lowest BCUT2D eigenvalue weighted by atomic mass is 9.91. The van der Waals surface area contributed by atoms with Crippen molar-refractivity contribution >= 4 is 17.2 Å². The highest BCUT2D eigenvalue weighted by Gasteiger charge is 2.16. The molecule has 0 unspecified atom stereocenters. The van der Waals surface area contributed by atoms with Crippen molar-refractivity contribution in [3.8, 4) is 0 Å². The molecular formula is C18H24N2OS. The third kappa shape index (κ3) is 3.95. The molecule has 22 heavy (non-hydrogen) atoms. The molecule has 0 saturated heterocycles. The second kappa shape index (κ2) is 6.21. The number of nitrogens with zero attached hydrogens (tertiary/aromatic N) is 2. The minimum atomic E-state index is -0.181. The van der Waals surface area contributed by atoms with E-state index in [0.29, 0.717) is 5.56 Å². The van der Waals surface area contributed by atoms with Crippen LogP contribution in [0.25, 0.3) is 0 Å². The molecular weight excluding hydrogens is 292 g/mol. The van der Waals surface area contributed by atoms with E-state index in [1.165, 1.54) is 10.6 Å². The standard InChI is InChI=1S/C18H24N2OS/c1-12-7-9-14(10-8-12)16(21)19-17-20(6)13(2)15(22-17)11-18(3,4)5/h7-10H,11H2,1-6H3. The van der Waals surface area contributed by atoms with Gasteiger partial charge in [0.05, 0.1) is 0 Å². The summed E-state index contributed by atoms with van der Waals surface area (Å²) in [6.45, 7) is 10.8. The Hall–Kier alpha value is -1.68. The molecule has 4 heteroatoms. The van der Waals surface area contributed by atoms with Crippen LogP contribution < -0.4 is 4.80 Å². The van der Waals surface area contributed by atoms with Crippen LogP contribution in [-0.4, -0.2) is 10.5 Å². The van der Waals surface area contributed by atoms with Gasteiger partial charge >= 0.3 is 0 Å². The molecule has 0 bridgehead atoms. The summed E-state index contributed by atoms with van der Waals surface area (Å²) in [5, 5.41) is 0. The summed E-state index contributed by atoms with van der Waals surface area (Å²) in [5.41, 5.74) is 3.19. The van der Waals surface area contributed by atoms with Crippen LogP contribution >= 0.6 is 11.3 Å². The second-order valence-corrected chi connectivity index (χ2v) is 8.03. The van der Waals surface area contributed by atoms with Crippen molar-refractivity contribution in [2.45, 2.75) is 41.0 Å². The predicted octanol–water partition coefficient (Wildman–Crippen LogP) is 4.03. The van der Waals surface area contributed by atoms with Gasteiger partial charge in [-0.1, -0.05) is 38.5 Å². The van der Waals surface area contributed by atoms with Gasteiger partial charge in [0.1, 0.15) is 0 Å².